The highest BCUT2D eigenvalue weighted by atomic mass is 16.5. The minimum Gasteiger partial charge on any atom is -0.490 e. The second-order valence-electron chi connectivity index (χ2n) is 5.70. The number of benzene rings is 1. The molecule has 5 heteroatoms. The fourth-order valence-corrected chi connectivity index (χ4v) is 1.74. The highest BCUT2D eigenvalue weighted by Crippen LogP contribution is 2.25. The third-order valence-electron chi connectivity index (χ3n) is 2.49. The molecule has 1 rings (SSSR count). The summed E-state index contributed by atoms with van der Waals surface area (Å²) >= 11 is 0. The summed E-state index contributed by atoms with van der Waals surface area (Å²) in [5.41, 5.74) is -0.203. The van der Waals surface area contributed by atoms with Crippen LogP contribution in [0.3, 0.4) is 0 Å². The maximum absolute atomic E-state index is 11.6. The van der Waals surface area contributed by atoms with E-state index in [1.807, 2.05) is 52.0 Å². The van der Waals surface area contributed by atoms with Gasteiger partial charge in [-0.05, 0) is 39.8 Å². The van der Waals surface area contributed by atoms with E-state index in [4.69, 9.17) is 9.47 Å². The Morgan fingerprint density at radius 3 is 2.33 bits per heavy atom. The van der Waals surface area contributed by atoms with E-state index in [1.54, 1.807) is 0 Å². The fourth-order valence-electron chi connectivity index (χ4n) is 1.74. The molecule has 0 aliphatic carbocycles. The molecule has 118 valence electrons. The largest absolute Gasteiger partial charge is 0.490 e. The van der Waals surface area contributed by atoms with Gasteiger partial charge in [0.1, 0.15) is 6.61 Å². The van der Waals surface area contributed by atoms with Crippen LogP contribution in [0.2, 0.25) is 0 Å². The summed E-state index contributed by atoms with van der Waals surface area (Å²) in [4.78, 5) is 11.6. The summed E-state index contributed by atoms with van der Waals surface area (Å²) in [5.74, 6) is 1.45. The van der Waals surface area contributed by atoms with Crippen molar-refractivity contribution in [2.45, 2.75) is 33.2 Å². The number of carbonyl (C=O) groups is 1. The molecule has 0 saturated heterocycles. The van der Waals surface area contributed by atoms with Crippen molar-refractivity contribution >= 4 is 5.91 Å². The number of hydrogen-bond acceptors (Lipinski definition) is 4. The van der Waals surface area contributed by atoms with E-state index < -0.39 is 0 Å². The molecule has 5 nitrogen and oxygen atoms in total. The first-order valence-corrected chi connectivity index (χ1v) is 7.28. The number of rotatable bonds is 8. The van der Waals surface area contributed by atoms with Crippen LogP contribution in [-0.4, -0.2) is 37.7 Å². The van der Waals surface area contributed by atoms with E-state index in [1.165, 1.54) is 0 Å². The SMILES string of the molecule is CCOc1ccccc1OCCNCC(=O)NC(C)(C)C. The molecule has 0 saturated carbocycles. The summed E-state index contributed by atoms with van der Waals surface area (Å²) in [6.07, 6.45) is 0. The van der Waals surface area contributed by atoms with Crippen LogP contribution in [0.15, 0.2) is 24.3 Å². The molecule has 0 aromatic heterocycles. The van der Waals surface area contributed by atoms with Crippen molar-refractivity contribution < 1.29 is 14.3 Å². The predicted octanol–water partition coefficient (Wildman–Crippen LogP) is 1.97. The first-order valence-electron chi connectivity index (χ1n) is 7.28. The third kappa shape index (κ3) is 7.56. The molecule has 0 atom stereocenters. The summed E-state index contributed by atoms with van der Waals surface area (Å²) in [7, 11) is 0. The zero-order valence-corrected chi connectivity index (χ0v) is 13.4. The van der Waals surface area contributed by atoms with Gasteiger partial charge in [-0.3, -0.25) is 4.79 Å². The Hall–Kier alpha value is -1.75. The van der Waals surface area contributed by atoms with E-state index in [0.717, 1.165) is 11.5 Å². The maximum Gasteiger partial charge on any atom is 0.234 e. The second-order valence-corrected chi connectivity index (χ2v) is 5.70. The molecule has 0 aliphatic rings. The minimum absolute atomic E-state index is 0.0165. The average molecular weight is 294 g/mol. The topological polar surface area (TPSA) is 59.6 Å². The standard InChI is InChI=1S/C16H26N2O3/c1-5-20-13-8-6-7-9-14(13)21-11-10-17-12-15(19)18-16(2,3)4/h6-9,17H,5,10-12H2,1-4H3,(H,18,19). The smallest absolute Gasteiger partial charge is 0.234 e. The molecule has 0 spiro atoms. The highest BCUT2D eigenvalue weighted by Gasteiger charge is 2.12. The van der Waals surface area contributed by atoms with Crippen LogP contribution in [0, 0.1) is 0 Å². The van der Waals surface area contributed by atoms with Gasteiger partial charge in [0.25, 0.3) is 0 Å². The lowest BCUT2D eigenvalue weighted by atomic mass is 10.1. The van der Waals surface area contributed by atoms with Crippen molar-refractivity contribution in [1.82, 2.24) is 10.6 Å². The van der Waals surface area contributed by atoms with Gasteiger partial charge in [-0.1, -0.05) is 12.1 Å². The minimum atomic E-state index is -0.203. The lowest BCUT2D eigenvalue weighted by molar-refractivity contribution is -0.121. The number of ether oxygens (including phenoxy) is 2. The van der Waals surface area contributed by atoms with Gasteiger partial charge in [-0.15, -0.1) is 0 Å². The molecule has 1 aromatic carbocycles. The van der Waals surface area contributed by atoms with Gasteiger partial charge in [-0.2, -0.15) is 0 Å². The van der Waals surface area contributed by atoms with E-state index in [9.17, 15) is 4.79 Å². The predicted molar refractivity (Wildman–Crippen MR) is 83.9 cm³/mol. The number of carbonyl (C=O) groups excluding carboxylic acids is 1. The molecule has 0 aliphatic heterocycles. The molecular weight excluding hydrogens is 268 g/mol. The molecule has 0 bridgehead atoms. The third-order valence-corrected chi connectivity index (χ3v) is 2.49. The summed E-state index contributed by atoms with van der Waals surface area (Å²) in [6, 6.07) is 7.56. The van der Waals surface area contributed by atoms with Crippen LogP contribution >= 0.6 is 0 Å². The van der Waals surface area contributed by atoms with Crippen molar-refractivity contribution in [3.05, 3.63) is 24.3 Å². The maximum atomic E-state index is 11.6. The van der Waals surface area contributed by atoms with Crippen molar-refractivity contribution in [2.75, 3.05) is 26.3 Å². The van der Waals surface area contributed by atoms with Crippen LogP contribution in [0.4, 0.5) is 0 Å². The van der Waals surface area contributed by atoms with E-state index in [-0.39, 0.29) is 18.0 Å². The quantitative estimate of drug-likeness (QED) is 0.720. The van der Waals surface area contributed by atoms with Crippen molar-refractivity contribution in [1.29, 1.82) is 0 Å². The number of para-hydroxylation sites is 2. The summed E-state index contributed by atoms with van der Waals surface area (Å²) in [6.45, 7) is 9.77. The van der Waals surface area contributed by atoms with Gasteiger partial charge in [0.2, 0.25) is 5.91 Å². The van der Waals surface area contributed by atoms with Crippen LogP contribution < -0.4 is 20.1 Å². The molecule has 0 unspecified atom stereocenters. The van der Waals surface area contributed by atoms with Crippen LogP contribution in [0.25, 0.3) is 0 Å². The van der Waals surface area contributed by atoms with Gasteiger partial charge < -0.3 is 20.1 Å². The molecule has 21 heavy (non-hydrogen) atoms. The Labute approximate surface area is 127 Å². The van der Waals surface area contributed by atoms with E-state index in [2.05, 4.69) is 10.6 Å². The number of nitrogens with one attached hydrogen (secondary N) is 2. The molecule has 0 radical (unpaired) electrons. The molecular formula is C16H26N2O3. The van der Waals surface area contributed by atoms with Crippen LogP contribution in [0.1, 0.15) is 27.7 Å². The Morgan fingerprint density at radius 2 is 1.76 bits per heavy atom. The Morgan fingerprint density at radius 1 is 1.14 bits per heavy atom. The Bertz CT molecular complexity index is 441. The molecule has 0 fully saturated rings. The van der Waals surface area contributed by atoms with Gasteiger partial charge in [0.15, 0.2) is 11.5 Å². The van der Waals surface area contributed by atoms with Gasteiger partial charge in [-0.25, -0.2) is 0 Å². The van der Waals surface area contributed by atoms with Crippen molar-refractivity contribution in [3.8, 4) is 11.5 Å². The lowest BCUT2D eigenvalue weighted by Gasteiger charge is -2.20. The summed E-state index contributed by atoms with van der Waals surface area (Å²) < 4.78 is 11.1. The monoisotopic (exact) mass is 294 g/mol. The second kappa shape index (κ2) is 8.52. The lowest BCUT2D eigenvalue weighted by Crippen LogP contribution is -2.45. The highest BCUT2D eigenvalue weighted by molar-refractivity contribution is 5.78. The first kappa shape index (κ1) is 17.3. The summed E-state index contributed by atoms with van der Waals surface area (Å²) in [5, 5.41) is 5.94. The van der Waals surface area contributed by atoms with Gasteiger partial charge in [0.05, 0.1) is 13.2 Å². The van der Waals surface area contributed by atoms with Gasteiger partial charge in [0, 0.05) is 12.1 Å². The average Bonchev–Trinajstić information content (AvgIpc) is 2.38. The number of amides is 1. The van der Waals surface area contributed by atoms with Crippen LogP contribution in [0.5, 0.6) is 11.5 Å². The molecule has 1 amide bonds. The molecule has 0 heterocycles. The fraction of sp³-hybridized carbons (Fsp3) is 0.562. The van der Waals surface area contributed by atoms with Crippen molar-refractivity contribution in [2.24, 2.45) is 0 Å². The Balaban J connectivity index is 2.24. The van der Waals surface area contributed by atoms with E-state index >= 15 is 0 Å². The van der Waals surface area contributed by atoms with Gasteiger partial charge >= 0.3 is 0 Å². The molecule has 1 aromatic rings. The first-order chi connectivity index (χ1) is 9.92. The Kier molecular flexibility index (Phi) is 7.02. The van der Waals surface area contributed by atoms with E-state index in [0.29, 0.717) is 19.8 Å². The molecule has 2 N–H and O–H groups in total. The van der Waals surface area contributed by atoms with Crippen molar-refractivity contribution in [3.63, 3.8) is 0 Å². The normalized spacial score (nSPS) is 11.0. The zero-order valence-electron chi connectivity index (χ0n) is 13.4. The van der Waals surface area contributed by atoms with Crippen LogP contribution in [-0.2, 0) is 4.79 Å². The number of hydrogen-bond donors (Lipinski definition) is 2. The zero-order chi connectivity index (χ0) is 15.7.